The van der Waals surface area contributed by atoms with E-state index in [9.17, 15) is 0 Å². The smallest absolute Gasteiger partial charge is 0.0886 e. The molecular formula is C4H10N4. The van der Waals surface area contributed by atoms with Gasteiger partial charge in [0.2, 0.25) is 0 Å². The highest BCUT2D eigenvalue weighted by Crippen LogP contribution is 1.95. The SMILES string of the molecule is C1NC(C2NCN2)N1. The van der Waals surface area contributed by atoms with Gasteiger partial charge in [-0.1, -0.05) is 0 Å². The summed E-state index contributed by atoms with van der Waals surface area (Å²) < 4.78 is 0. The van der Waals surface area contributed by atoms with Crippen LogP contribution in [0.4, 0.5) is 0 Å². The maximum absolute atomic E-state index is 3.21. The fourth-order valence-corrected chi connectivity index (χ4v) is 0.911. The van der Waals surface area contributed by atoms with Crippen LogP contribution in [0.15, 0.2) is 0 Å². The molecule has 4 nitrogen and oxygen atoms in total. The van der Waals surface area contributed by atoms with Crippen molar-refractivity contribution in [1.29, 1.82) is 0 Å². The lowest BCUT2D eigenvalue weighted by Crippen LogP contribution is -2.77. The van der Waals surface area contributed by atoms with E-state index in [-0.39, 0.29) is 0 Å². The molecule has 0 aromatic carbocycles. The predicted octanol–water partition coefficient (Wildman–Crippen LogP) is -2.06. The van der Waals surface area contributed by atoms with Gasteiger partial charge in [-0.05, 0) is 0 Å². The van der Waals surface area contributed by atoms with Crippen molar-refractivity contribution >= 4 is 0 Å². The van der Waals surface area contributed by atoms with Crippen molar-refractivity contribution in [3.05, 3.63) is 0 Å². The zero-order chi connectivity index (χ0) is 5.40. The van der Waals surface area contributed by atoms with Gasteiger partial charge in [0, 0.05) is 13.3 Å². The number of nitrogens with one attached hydrogen (secondary N) is 4. The molecule has 2 saturated heterocycles. The first-order valence-electron chi connectivity index (χ1n) is 2.90. The summed E-state index contributed by atoms with van der Waals surface area (Å²) in [7, 11) is 0. The minimum absolute atomic E-state index is 0.462. The van der Waals surface area contributed by atoms with E-state index < -0.39 is 0 Å². The van der Waals surface area contributed by atoms with Crippen LogP contribution in [0.5, 0.6) is 0 Å². The molecule has 4 heteroatoms. The average Bonchev–Trinajstić information content (AvgIpc) is 1.47. The van der Waals surface area contributed by atoms with Crippen LogP contribution in [0.2, 0.25) is 0 Å². The van der Waals surface area contributed by atoms with Gasteiger partial charge in [-0.2, -0.15) is 0 Å². The van der Waals surface area contributed by atoms with E-state index in [2.05, 4.69) is 21.3 Å². The molecule has 8 heavy (non-hydrogen) atoms. The maximum atomic E-state index is 3.21. The Morgan fingerprint density at radius 3 is 1.25 bits per heavy atom. The van der Waals surface area contributed by atoms with Crippen LogP contribution in [-0.4, -0.2) is 25.7 Å². The minimum atomic E-state index is 0.462. The summed E-state index contributed by atoms with van der Waals surface area (Å²) >= 11 is 0. The van der Waals surface area contributed by atoms with Gasteiger partial charge in [0.15, 0.2) is 0 Å². The summed E-state index contributed by atoms with van der Waals surface area (Å²) in [5, 5.41) is 12.8. The molecular weight excluding hydrogens is 104 g/mol. The molecule has 0 spiro atoms. The van der Waals surface area contributed by atoms with E-state index in [1.54, 1.807) is 0 Å². The molecule has 0 radical (unpaired) electrons. The van der Waals surface area contributed by atoms with Gasteiger partial charge in [-0.25, -0.2) is 0 Å². The van der Waals surface area contributed by atoms with Crippen molar-refractivity contribution in [3.63, 3.8) is 0 Å². The lowest BCUT2D eigenvalue weighted by atomic mass is 10.2. The Morgan fingerprint density at radius 1 is 0.750 bits per heavy atom. The summed E-state index contributed by atoms with van der Waals surface area (Å²) in [6.45, 7) is 1.90. The van der Waals surface area contributed by atoms with Crippen LogP contribution in [-0.2, 0) is 0 Å². The van der Waals surface area contributed by atoms with E-state index >= 15 is 0 Å². The van der Waals surface area contributed by atoms with Crippen molar-refractivity contribution in [2.45, 2.75) is 12.3 Å². The maximum Gasteiger partial charge on any atom is 0.0886 e. The molecule has 2 aliphatic rings. The van der Waals surface area contributed by atoms with E-state index in [4.69, 9.17) is 0 Å². The Bertz CT molecular complexity index is 74.0. The van der Waals surface area contributed by atoms with Crippen molar-refractivity contribution in [1.82, 2.24) is 21.3 Å². The Morgan fingerprint density at radius 2 is 1.12 bits per heavy atom. The van der Waals surface area contributed by atoms with Crippen LogP contribution in [0, 0.1) is 0 Å². The molecule has 2 fully saturated rings. The van der Waals surface area contributed by atoms with Crippen molar-refractivity contribution in [2.24, 2.45) is 0 Å². The van der Waals surface area contributed by atoms with E-state index in [0.29, 0.717) is 12.3 Å². The summed E-state index contributed by atoms with van der Waals surface area (Å²) in [5.41, 5.74) is 0. The van der Waals surface area contributed by atoms with Gasteiger partial charge in [-0.15, -0.1) is 0 Å². The molecule has 0 atom stereocenters. The van der Waals surface area contributed by atoms with Crippen LogP contribution in [0.25, 0.3) is 0 Å². The first-order valence-corrected chi connectivity index (χ1v) is 2.90. The predicted molar refractivity (Wildman–Crippen MR) is 29.9 cm³/mol. The molecule has 0 aromatic heterocycles. The molecule has 4 N–H and O–H groups in total. The van der Waals surface area contributed by atoms with Crippen LogP contribution < -0.4 is 21.3 Å². The van der Waals surface area contributed by atoms with Crippen molar-refractivity contribution < 1.29 is 0 Å². The molecule has 0 saturated carbocycles. The van der Waals surface area contributed by atoms with Crippen LogP contribution in [0.1, 0.15) is 0 Å². The highest BCUT2D eigenvalue weighted by molar-refractivity contribution is 4.88. The van der Waals surface area contributed by atoms with Gasteiger partial charge in [0.25, 0.3) is 0 Å². The summed E-state index contributed by atoms with van der Waals surface area (Å²) in [5.74, 6) is 0. The first kappa shape index (κ1) is 4.69. The Balaban J connectivity index is 1.79. The fraction of sp³-hybridized carbons (Fsp3) is 1.00. The Hall–Kier alpha value is -0.160. The number of hydrogen-bond donors (Lipinski definition) is 4. The molecule has 46 valence electrons. The molecule has 0 aromatic rings. The average molecular weight is 114 g/mol. The third-order valence-electron chi connectivity index (χ3n) is 1.62. The zero-order valence-electron chi connectivity index (χ0n) is 4.57. The number of hydrogen-bond acceptors (Lipinski definition) is 4. The Kier molecular flexibility index (Phi) is 0.976. The normalized spacial score (nSPS) is 31.5. The minimum Gasteiger partial charge on any atom is -0.287 e. The lowest BCUT2D eigenvalue weighted by Gasteiger charge is -2.42. The molecule has 2 heterocycles. The standard InChI is InChI=1S/C4H10N4/c1-5-3(6-1)4-7-2-8-4/h3-8H,1-2H2. The molecule has 0 aliphatic carbocycles. The highest BCUT2D eigenvalue weighted by atomic mass is 15.4. The molecule has 0 unspecified atom stereocenters. The van der Waals surface area contributed by atoms with Gasteiger partial charge < -0.3 is 0 Å². The van der Waals surface area contributed by atoms with E-state index in [1.807, 2.05) is 0 Å². The molecule has 2 rings (SSSR count). The van der Waals surface area contributed by atoms with Crippen LogP contribution in [0.3, 0.4) is 0 Å². The van der Waals surface area contributed by atoms with Crippen molar-refractivity contribution in [2.75, 3.05) is 13.3 Å². The molecule has 0 bridgehead atoms. The largest absolute Gasteiger partial charge is 0.287 e. The second-order valence-corrected chi connectivity index (χ2v) is 2.13. The fourth-order valence-electron chi connectivity index (χ4n) is 0.911. The first-order chi connectivity index (χ1) is 3.97. The van der Waals surface area contributed by atoms with E-state index in [0.717, 1.165) is 13.3 Å². The number of rotatable bonds is 1. The monoisotopic (exact) mass is 114 g/mol. The quantitative estimate of drug-likeness (QED) is 0.316. The Labute approximate surface area is 48.0 Å². The van der Waals surface area contributed by atoms with Gasteiger partial charge in [0.05, 0.1) is 12.3 Å². The third-order valence-corrected chi connectivity index (χ3v) is 1.62. The zero-order valence-corrected chi connectivity index (χ0v) is 4.57. The van der Waals surface area contributed by atoms with Crippen molar-refractivity contribution in [3.8, 4) is 0 Å². The van der Waals surface area contributed by atoms with Gasteiger partial charge in [-0.3, -0.25) is 21.3 Å². The van der Waals surface area contributed by atoms with Gasteiger partial charge in [0.1, 0.15) is 0 Å². The second-order valence-electron chi connectivity index (χ2n) is 2.13. The third kappa shape index (κ3) is 0.545. The summed E-state index contributed by atoms with van der Waals surface area (Å²) in [4.78, 5) is 0. The summed E-state index contributed by atoms with van der Waals surface area (Å²) in [6, 6.07) is 0. The van der Waals surface area contributed by atoms with Gasteiger partial charge >= 0.3 is 0 Å². The molecule has 2 aliphatic heterocycles. The van der Waals surface area contributed by atoms with E-state index in [1.165, 1.54) is 0 Å². The molecule has 0 amide bonds. The lowest BCUT2D eigenvalue weighted by molar-refractivity contribution is 0.146. The second kappa shape index (κ2) is 1.66. The topological polar surface area (TPSA) is 48.1 Å². The summed E-state index contributed by atoms with van der Waals surface area (Å²) in [6.07, 6.45) is 0.924. The highest BCUT2D eigenvalue weighted by Gasteiger charge is 2.29. The van der Waals surface area contributed by atoms with Crippen LogP contribution >= 0.6 is 0 Å².